The van der Waals surface area contributed by atoms with Crippen LogP contribution in [0.15, 0.2) is 30.3 Å². The highest BCUT2D eigenvalue weighted by Gasteiger charge is 2.45. The van der Waals surface area contributed by atoms with Crippen molar-refractivity contribution in [1.29, 1.82) is 0 Å². The molecule has 2 aliphatic heterocycles. The van der Waals surface area contributed by atoms with Crippen molar-refractivity contribution in [3.05, 3.63) is 35.9 Å². The van der Waals surface area contributed by atoms with Gasteiger partial charge in [0.15, 0.2) is 0 Å². The maximum atomic E-state index is 12.9. The minimum Gasteiger partial charge on any atom is -0.342 e. The lowest BCUT2D eigenvalue weighted by Gasteiger charge is -2.26. The standard InChI is InChI=1S/C20H27N3O2.ClH/c1-13(14-5-3-2-4-6-14)23-11-16(9-19(23)24)20(25)22-10-15-7-8-18(21)17(15)12-22;/h2-6,13,15-18H,7-12,21H2,1H3;1H. The van der Waals surface area contributed by atoms with Crippen LogP contribution < -0.4 is 5.73 Å². The summed E-state index contributed by atoms with van der Waals surface area (Å²) < 4.78 is 0. The summed E-state index contributed by atoms with van der Waals surface area (Å²) in [7, 11) is 0. The van der Waals surface area contributed by atoms with Gasteiger partial charge in [0.2, 0.25) is 11.8 Å². The van der Waals surface area contributed by atoms with E-state index in [0.717, 1.165) is 31.5 Å². The molecule has 5 nitrogen and oxygen atoms in total. The first-order chi connectivity index (χ1) is 12.0. The van der Waals surface area contributed by atoms with Gasteiger partial charge in [-0.05, 0) is 37.2 Å². The van der Waals surface area contributed by atoms with Crippen LogP contribution in [-0.4, -0.2) is 47.3 Å². The number of likely N-dealkylation sites (tertiary alicyclic amines) is 2. The summed E-state index contributed by atoms with van der Waals surface area (Å²) in [5.41, 5.74) is 7.30. The van der Waals surface area contributed by atoms with E-state index in [0.29, 0.717) is 24.8 Å². The van der Waals surface area contributed by atoms with E-state index in [1.54, 1.807) is 0 Å². The van der Waals surface area contributed by atoms with Crippen molar-refractivity contribution in [2.45, 2.75) is 38.3 Å². The van der Waals surface area contributed by atoms with E-state index in [1.807, 2.05) is 47.1 Å². The number of amides is 2. The zero-order chi connectivity index (χ0) is 17.6. The molecule has 4 rings (SSSR count). The largest absolute Gasteiger partial charge is 0.342 e. The summed E-state index contributed by atoms with van der Waals surface area (Å²) in [5, 5.41) is 0. The Hall–Kier alpha value is -1.59. The highest BCUT2D eigenvalue weighted by atomic mass is 35.5. The number of rotatable bonds is 3. The number of halogens is 1. The molecule has 142 valence electrons. The zero-order valence-corrected chi connectivity index (χ0v) is 16.0. The molecule has 1 saturated carbocycles. The maximum Gasteiger partial charge on any atom is 0.228 e. The fourth-order valence-electron chi connectivity index (χ4n) is 4.93. The van der Waals surface area contributed by atoms with Crippen molar-refractivity contribution in [2.75, 3.05) is 19.6 Å². The lowest BCUT2D eigenvalue weighted by Crippen LogP contribution is -2.38. The van der Waals surface area contributed by atoms with E-state index in [4.69, 9.17) is 5.73 Å². The zero-order valence-electron chi connectivity index (χ0n) is 15.2. The van der Waals surface area contributed by atoms with Crippen molar-refractivity contribution in [3.8, 4) is 0 Å². The third kappa shape index (κ3) is 3.35. The number of carbonyl (C=O) groups is 2. The van der Waals surface area contributed by atoms with Gasteiger partial charge < -0.3 is 15.5 Å². The summed E-state index contributed by atoms with van der Waals surface area (Å²) in [6.45, 7) is 4.19. The summed E-state index contributed by atoms with van der Waals surface area (Å²) in [6.07, 6.45) is 2.56. The molecule has 1 aliphatic carbocycles. The van der Waals surface area contributed by atoms with Crippen molar-refractivity contribution in [1.82, 2.24) is 9.80 Å². The van der Waals surface area contributed by atoms with Gasteiger partial charge in [-0.3, -0.25) is 9.59 Å². The van der Waals surface area contributed by atoms with E-state index in [-0.39, 0.29) is 42.2 Å². The van der Waals surface area contributed by atoms with Gasteiger partial charge in [-0.15, -0.1) is 12.4 Å². The van der Waals surface area contributed by atoms with Crippen molar-refractivity contribution >= 4 is 24.2 Å². The van der Waals surface area contributed by atoms with Gasteiger partial charge >= 0.3 is 0 Å². The van der Waals surface area contributed by atoms with Crippen LogP contribution in [0.1, 0.15) is 37.8 Å². The second kappa shape index (κ2) is 7.57. The quantitative estimate of drug-likeness (QED) is 0.878. The Bertz CT molecular complexity index is 668. The lowest BCUT2D eigenvalue weighted by molar-refractivity contribution is -0.135. The number of nitrogens with zero attached hydrogens (tertiary/aromatic N) is 2. The molecule has 2 amide bonds. The summed E-state index contributed by atoms with van der Waals surface area (Å²) in [5.74, 6) is 1.06. The van der Waals surface area contributed by atoms with Crippen LogP contribution in [0.4, 0.5) is 0 Å². The third-order valence-corrected chi connectivity index (χ3v) is 6.48. The predicted molar refractivity (Wildman–Crippen MR) is 103 cm³/mol. The van der Waals surface area contributed by atoms with Crippen LogP contribution in [0, 0.1) is 17.8 Å². The smallest absolute Gasteiger partial charge is 0.228 e. The monoisotopic (exact) mass is 377 g/mol. The normalized spacial score (nSPS) is 31.7. The van der Waals surface area contributed by atoms with Crippen molar-refractivity contribution in [3.63, 3.8) is 0 Å². The van der Waals surface area contributed by atoms with E-state index < -0.39 is 0 Å². The molecule has 0 bridgehead atoms. The highest BCUT2D eigenvalue weighted by Crippen LogP contribution is 2.38. The number of benzene rings is 1. The van der Waals surface area contributed by atoms with Gasteiger partial charge in [0.05, 0.1) is 12.0 Å². The van der Waals surface area contributed by atoms with Crippen LogP contribution in [-0.2, 0) is 9.59 Å². The SMILES string of the molecule is CC(c1ccccc1)N1CC(C(=O)N2CC3CCC(N)C3C2)CC1=O.Cl. The summed E-state index contributed by atoms with van der Waals surface area (Å²) >= 11 is 0. The molecule has 1 aromatic carbocycles. The molecule has 3 aliphatic rings. The minimum absolute atomic E-state index is 0. The number of hydrogen-bond donors (Lipinski definition) is 1. The Morgan fingerprint density at radius 1 is 1.15 bits per heavy atom. The van der Waals surface area contributed by atoms with Crippen molar-refractivity contribution in [2.24, 2.45) is 23.5 Å². The third-order valence-electron chi connectivity index (χ3n) is 6.48. The van der Waals surface area contributed by atoms with Gasteiger partial charge in [-0.1, -0.05) is 30.3 Å². The van der Waals surface area contributed by atoms with Gasteiger partial charge in [0.25, 0.3) is 0 Å². The van der Waals surface area contributed by atoms with Crippen molar-refractivity contribution < 1.29 is 9.59 Å². The van der Waals surface area contributed by atoms with E-state index >= 15 is 0 Å². The van der Waals surface area contributed by atoms with Crippen LogP contribution in [0.5, 0.6) is 0 Å². The predicted octanol–water partition coefficient (Wildman–Crippen LogP) is 2.21. The molecule has 2 saturated heterocycles. The van der Waals surface area contributed by atoms with Gasteiger partial charge in [0, 0.05) is 32.1 Å². The van der Waals surface area contributed by atoms with Crippen LogP contribution in [0.25, 0.3) is 0 Å². The van der Waals surface area contributed by atoms with E-state index in [9.17, 15) is 9.59 Å². The molecule has 5 unspecified atom stereocenters. The average molecular weight is 378 g/mol. The number of carbonyl (C=O) groups excluding carboxylic acids is 2. The molecule has 2 heterocycles. The lowest BCUT2D eigenvalue weighted by atomic mass is 9.98. The number of hydrogen-bond acceptors (Lipinski definition) is 3. The second-order valence-corrected chi connectivity index (χ2v) is 7.94. The molecule has 1 aromatic rings. The Morgan fingerprint density at radius 3 is 2.58 bits per heavy atom. The number of nitrogens with two attached hydrogens (primary N) is 1. The Labute approximate surface area is 161 Å². The Balaban J connectivity index is 0.00000196. The van der Waals surface area contributed by atoms with Crippen LogP contribution >= 0.6 is 12.4 Å². The topological polar surface area (TPSA) is 66.6 Å². The molecular weight excluding hydrogens is 350 g/mol. The maximum absolute atomic E-state index is 12.9. The highest BCUT2D eigenvalue weighted by molar-refractivity contribution is 5.89. The average Bonchev–Trinajstić information content (AvgIpc) is 3.31. The second-order valence-electron chi connectivity index (χ2n) is 7.94. The molecule has 3 fully saturated rings. The van der Waals surface area contributed by atoms with Crippen LogP contribution in [0.3, 0.4) is 0 Å². The molecule has 0 spiro atoms. The minimum atomic E-state index is -0.200. The molecule has 26 heavy (non-hydrogen) atoms. The first-order valence-electron chi connectivity index (χ1n) is 9.43. The summed E-state index contributed by atoms with van der Waals surface area (Å²) in [6, 6.07) is 10.3. The number of fused-ring (bicyclic) bond motifs is 1. The molecule has 2 N–H and O–H groups in total. The summed E-state index contributed by atoms with van der Waals surface area (Å²) in [4.78, 5) is 29.3. The Morgan fingerprint density at radius 2 is 1.88 bits per heavy atom. The first kappa shape index (κ1) is 19.2. The van der Waals surface area contributed by atoms with Crippen LogP contribution in [0.2, 0.25) is 0 Å². The van der Waals surface area contributed by atoms with Gasteiger partial charge in [-0.25, -0.2) is 0 Å². The fourth-order valence-corrected chi connectivity index (χ4v) is 4.93. The molecular formula is C20H28ClN3O2. The van der Waals surface area contributed by atoms with Gasteiger partial charge in [-0.2, -0.15) is 0 Å². The molecule has 5 atom stereocenters. The van der Waals surface area contributed by atoms with Gasteiger partial charge in [0.1, 0.15) is 0 Å². The first-order valence-corrected chi connectivity index (χ1v) is 9.43. The fraction of sp³-hybridized carbons (Fsp3) is 0.600. The molecule has 0 radical (unpaired) electrons. The van der Waals surface area contributed by atoms with E-state index in [1.165, 1.54) is 0 Å². The molecule has 6 heteroatoms. The van der Waals surface area contributed by atoms with E-state index in [2.05, 4.69) is 0 Å². The Kier molecular flexibility index (Phi) is 5.58. The molecule has 0 aromatic heterocycles.